The number of rotatable bonds is 7. The number of azo groups is 1. The summed E-state index contributed by atoms with van der Waals surface area (Å²) in [5.74, 6) is -3.78. The smallest absolute Gasteiger partial charge is 0.872 e. The van der Waals surface area contributed by atoms with Crippen LogP contribution in [-0.2, 0) is 24.7 Å². The van der Waals surface area contributed by atoms with Gasteiger partial charge in [0, 0.05) is 0 Å². The normalized spacial score (nSPS) is 15.3. The summed E-state index contributed by atoms with van der Waals surface area (Å²) in [5.41, 5.74) is 0.0192. The molecule has 0 saturated carbocycles. The van der Waals surface area contributed by atoms with Crippen LogP contribution in [0.25, 0.3) is 0 Å². The third-order valence-corrected chi connectivity index (χ3v) is 8.29. The van der Waals surface area contributed by atoms with Crippen LogP contribution in [0.1, 0.15) is 22.8 Å². The minimum atomic E-state index is -4.85. The Morgan fingerprint density at radius 1 is 0.951 bits per heavy atom. The average molecular weight is 617 g/mol. The van der Waals surface area contributed by atoms with E-state index in [1.54, 1.807) is 24.3 Å². The molecule has 1 unspecified atom stereocenters. The molecule has 1 N–H and O–H groups in total. The summed E-state index contributed by atoms with van der Waals surface area (Å²) in [7, 11) is -9.53. The summed E-state index contributed by atoms with van der Waals surface area (Å²) in [6.45, 7) is 3.30. The van der Waals surface area contributed by atoms with Gasteiger partial charge in [0.15, 0.2) is 6.04 Å². The molecule has 1 atom stereocenters. The monoisotopic (exact) mass is 616 g/mol. The predicted octanol–water partition coefficient (Wildman–Crippen LogP) is -4.61. The molecular weight excluding hydrogens is 598 g/mol. The van der Waals surface area contributed by atoms with Gasteiger partial charge in [-0.05, 0) is 61.9 Å². The topological polar surface area (TPSA) is 209 Å². The van der Waals surface area contributed by atoms with E-state index in [1.165, 1.54) is 6.92 Å². The first-order valence-corrected chi connectivity index (χ1v) is 13.9. The van der Waals surface area contributed by atoms with Crippen molar-refractivity contribution in [2.75, 3.05) is 5.01 Å². The van der Waals surface area contributed by atoms with Gasteiger partial charge in [-0.1, -0.05) is 29.5 Å². The molecular formula is C24H18N4Na2O9S2. The van der Waals surface area contributed by atoms with E-state index < -0.39 is 69.6 Å². The zero-order chi connectivity index (χ0) is 28.7. The Labute approximate surface area is 279 Å². The second-order valence-corrected chi connectivity index (χ2v) is 11.7. The number of amides is 1. The van der Waals surface area contributed by atoms with E-state index in [4.69, 9.17) is 0 Å². The fourth-order valence-electron chi connectivity index (χ4n) is 3.61. The molecule has 3 aromatic carbocycles. The van der Waals surface area contributed by atoms with Crippen molar-refractivity contribution in [1.29, 1.82) is 0 Å². The summed E-state index contributed by atoms with van der Waals surface area (Å²) < 4.78 is 60.2. The third kappa shape index (κ3) is 7.31. The summed E-state index contributed by atoms with van der Waals surface area (Å²) in [4.78, 5) is 22.5. The maximum absolute atomic E-state index is 13.5. The molecule has 0 saturated heterocycles. The Hall–Kier alpha value is -2.47. The van der Waals surface area contributed by atoms with Gasteiger partial charge in [-0.25, -0.2) is 8.42 Å². The van der Waals surface area contributed by atoms with Gasteiger partial charge >= 0.3 is 59.1 Å². The van der Waals surface area contributed by atoms with Crippen LogP contribution in [0.3, 0.4) is 0 Å². The van der Waals surface area contributed by atoms with Crippen LogP contribution in [-0.4, -0.2) is 45.0 Å². The maximum atomic E-state index is 13.5. The Kier molecular flexibility index (Phi) is 11.2. The number of nitrogens with zero attached hydrogens (tertiary/aromatic N) is 4. The number of anilines is 1. The number of hydrogen-bond acceptors (Lipinski definition) is 11. The maximum Gasteiger partial charge on any atom is 1.00 e. The van der Waals surface area contributed by atoms with Gasteiger partial charge in [-0.15, -0.1) is 0 Å². The summed E-state index contributed by atoms with van der Waals surface area (Å²) in [6.07, 6.45) is 0. The third-order valence-electron chi connectivity index (χ3n) is 5.65. The molecule has 41 heavy (non-hydrogen) atoms. The number of carboxylic acids is 1. The van der Waals surface area contributed by atoms with Crippen LogP contribution in [0.5, 0.6) is 5.75 Å². The van der Waals surface area contributed by atoms with Crippen molar-refractivity contribution in [3.63, 3.8) is 0 Å². The van der Waals surface area contributed by atoms with Gasteiger partial charge in [-0.3, -0.25) is 9.35 Å². The fraction of sp³-hybridized carbons (Fsp3) is 0.125. The van der Waals surface area contributed by atoms with Crippen molar-refractivity contribution in [3.8, 4) is 5.75 Å². The number of carboxylic acid groups (broad SMARTS) is 1. The second kappa shape index (κ2) is 13.2. The average Bonchev–Trinajstić information content (AvgIpc) is 3.15. The largest absolute Gasteiger partial charge is 1.00 e. The number of sulfone groups is 1. The molecule has 4 rings (SSSR count). The van der Waals surface area contributed by atoms with E-state index in [1.807, 2.05) is 6.92 Å². The Balaban J connectivity index is 0.00000294. The fourth-order valence-corrected chi connectivity index (χ4v) is 5.55. The molecule has 0 spiro atoms. The number of carbonyl (C=O) groups excluding carboxylic acids is 2. The zero-order valence-electron chi connectivity index (χ0n) is 22.2. The molecule has 1 aliphatic rings. The molecule has 0 bridgehead atoms. The molecule has 1 aliphatic heterocycles. The van der Waals surface area contributed by atoms with E-state index in [0.29, 0.717) is 16.8 Å². The molecule has 0 aliphatic carbocycles. The van der Waals surface area contributed by atoms with Crippen molar-refractivity contribution in [1.82, 2.24) is 0 Å². The van der Waals surface area contributed by atoms with Crippen LogP contribution in [0.2, 0.25) is 0 Å². The van der Waals surface area contributed by atoms with Crippen LogP contribution < -0.4 is 74.3 Å². The number of hydrogen-bond donors (Lipinski definition) is 1. The standard InChI is InChI=1S/C24H20N4O9S2.2Na/c1-13-3-5-15(6-4-13)25-26-22-14(2)27-28(23(22)30)19-12-17(39(35,36)37)8-10-21(19)38(33,34)16-7-9-20(29)18(11-16)24(31)32;;/h3-12,22,29H,1-2H3,(H,31,32)(H,35,36,37);;/q;2*+1/p-2. The number of aryl methyl sites for hydroxylation is 1. The molecule has 202 valence electrons. The van der Waals surface area contributed by atoms with E-state index in [9.17, 15) is 41.2 Å². The summed E-state index contributed by atoms with van der Waals surface area (Å²) >= 11 is 0. The van der Waals surface area contributed by atoms with E-state index >= 15 is 0 Å². The van der Waals surface area contributed by atoms with Crippen molar-refractivity contribution in [3.05, 3.63) is 71.8 Å². The first-order valence-electron chi connectivity index (χ1n) is 11.0. The van der Waals surface area contributed by atoms with Gasteiger partial charge in [0.1, 0.15) is 0 Å². The number of carbonyl (C=O) groups is 2. The van der Waals surface area contributed by atoms with Crippen molar-refractivity contribution in [2.45, 2.75) is 34.6 Å². The molecule has 17 heteroatoms. The first-order chi connectivity index (χ1) is 18.2. The van der Waals surface area contributed by atoms with Crippen LogP contribution in [0.15, 0.2) is 90.7 Å². The minimum absolute atomic E-state index is 0. The van der Waals surface area contributed by atoms with Crippen molar-refractivity contribution >= 4 is 48.9 Å². The van der Waals surface area contributed by atoms with Crippen LogP contribution in [0.4, 0.5) is 11.4 Å². The molecule has 0 radical (unpaired) electrons. The molecule has 13 nitrogen and oxygen atoms in total. The van der Waals surface area contributed by atoms with Gasteiger partial charge in [0.05, 0.1) is 37.7 Å². The minimum Gasteiger partial charge on any atom is -0.872 e. The molecule has 0 fully saturated rings. The van der Waals surface area contributed by atoms with Gasteiger partial charge in [0.2, 0.25) is 9.84 Å². The summed E-state index contributed by atoms with van der Waals surface area (Å²) in [5, 5.41) is 35.8. The molecule has 0 aromatic heterocycles. The summed E-state index contributed by atoms with van der Waals surface area (Å²) in [6, 6.07) is 10.1. The Morgan fingerprint density at radius 3 is 2.15 bits per heavy atom. The first kappa shape index (κ1) is 34.7. The van der Waals surface area contributed by atoms with Gasteiger partial charge in [-0.2, -0.15) is 28.8 Å². The molecule has 3 aromatic rings. The predicted molar refractivity (Wildman–Crippen MR) is 132 cm³/mol. The van der Waals surface area contributed by atoms with Crippen molar-refractivity contribution < 1.29 is 100 Å². The number of aromatic carboxylic acids is 1. The van der Waals surface area contributed by atoms with E-state index in [-0.39, 0.29) is 64.8 Å². The Bertz CT molecular complexity index is 1790. The Morgan fingerprint density at radius 2 is 1.56 bits per heavy atom. The van der Waals surface area contributed by atoms with Gasteiger partial charge in [0.25, 0.3) is 16.0 Å². The quantitative estimate of drug-likeness (QED) is 0.154. The zero-order valence-corrected chi connectivity index (χ0v) is 27.8. The van der Waals surface area contributed by atoms with E-state index in [0.717, 1.165) is 35.9 Å². The van der Waals surface area contributed by atoms with E-state index in [2.05, 4.69) is 15.3 Å². The molecule has 1 amide bonds. The van der Waals surface area contributed by atoms with Gasteiger partial charge < -0.3 is 15.0 Å². The molecule has 1 heterocycles. The second-order valence-electron chi connectivity index (χ2n) is 8.40. The van der Waals surface area contributed by atoms with Crippen molar-refractivity contribution in [2.24, 2.45) is 15.3 Å². The SMILES string of the molecule is CC1=NN(c2cc(S(=O)(=O)O)ccc2S(=O)(=O)c2ccc([O-])c(C(=O)[O-])c2)C(=O)C1N=Nc1ccc(C)cc1.[Na+].[Na+]. The number of benzene rings is 3. The number of hydrazone groups is 1. The van der Waals surface area contributed by atoms with Crippen LogP contribution >= 0.6 is 0 Å². The van der Waals surface area contributed by atoms with Crippen LogP contribution in [0, 0.1) is 6.92 Å².